The van der Waals surface area contributed by atoms with Crippen LogP contribution in [0.4, 0.5) is 0 Å². The van der Waals surface area contributed by atoms with Crippen LogP contribution in [0.1, 0.15) is 42.5 Å². The fourth-order valence-electron chi connectivity index (χ4n) is 3.75. The molecule has 1 N–H and O–H groups in total. The Labute approximate surface area is 152 Å². The number of nitrogens with zero attached hydrogens (tertiary/aromatic N) is 2. The molecule has 2 fully saturated rings. The van der Waals surface area contributed by atoms with Crippen LogP contribution in [0.2, 0.25) is 0 Å². The zero-order chi connectivity index (χ0) is 19.1. The van der Waals surface area contributed by atoms with Gasteiger partial charge in [-0.1, -0.05) is 6.92 Å². The van der Waals surface area contributed by atoms with E-state index in [1.165, 1.54) is 22.2 Å². The maximum Gasteiger partial charge on any atom is 0.308 e. The molecule has 0 aliphatic carbocycles. The van der Waals surface area contributed by atoms with E-state index < -0.39 is 27.8 Å². The first kappa shape index (κ1) is 18.9. The maximum absolute atomic E-state index is 12.8. The van der Waals surface area contributed by atoms with E-state index in [-0.39, 0.29) is 28.9 Å². The molecule has 26 heavy (non-hydrogen) atoms. The third-order valence-corrected chi connectivity index (χ3v) is 7.07. The first-order valence-electron chi connectivity index (χ1n) is 8.83. The predicted octanol–water partition coefficient (Wildman–Crippen LogP) is 1.56. The quantitative estimate of drug-likeness (QED) is 0.844. The number of hydrogen-bond acceptors (Lipinski definition) is 5. The number of piperidine rings is 1. The Morgan fingerprint density at radius 3 is 2.50 bits per heavy atom. The van der Waals surface area contributed by atoms with Gasteiger partial charge < -0.3 is 14.4 Å². The monoisotopic (exact) mass is 384 g/mol. The van der Waals surface area contributed by atoms with Crippen molar-refractivity contribution in [1.29, 1.82) is 0 Å². The van der Waals surface area contributed by atoms with Gasteiger partial charge in [0, 0.05) is 32.2 Å². The minimum Gasteiger partial charge on any atom is -0.481 e. The van der Waals surface area contributed by atoms with Crippen LogP contribution in [0, 0.1) is 18.8 Å². The van der Waals surface area contributed by atoms with E-state index in [0.29, 0.717) is 26.1 Å². The van der Waals surface area contributed by atoms with Crippen LogP contribution in [0.5, 0.6) is 0 Å². The summed E-state index contributed by atoms with van der Waals surface area (Å²) in [6.07, 6.45) is 2.17. The number of amides is 1. The molecule has 2 atom stereocenters. The molecular weight excluding hydrogens is 360 g/mol. The van der Waals surface area contributed by atoms with E-state index in [2.05, 4.69) is 0 Å². The average molecular weight is 384 g/mol. The van der Waals surface area contributed by atoms with Crippen LogP contribution < -0.4 is 0 Å². The molecule has 0 aromatic carbocycles. The summed E-state index contributed by atoms with van der Waals surface area (Å²) in [5.74, 6) is -1.83. The maximum atomic E-state index is 12.8. The fraction of sp³-hybridized carbons (Fsp3) is 0.647. The molecule has 144 valence electrons. The second-order valence-corrected chi connectivity index (χ2v) is 9.13. The molecule has 1 amide bonds. The zero-order valence-electron chi connectivity index (χ0n) is 15.0. The fourth-order valence-corrected chi connectivity index (χ4v) is 5.42. The highest BCUT2D eigenvalue weighted by atomic mass is 32.2. The van der Waals surface area contributed by atoms with Crippen molar-refractivity contribution in [1.82, 2.24) is 9.21 Å². The van der Waals surface area contributed by atoms with E-state index >= 15 is 0 Å². The minimum atomic E-state index is -3.67. The molecule has 9 heteroatoms. The van der Waals surface area contributed by atoms with E-state index in [1.54, 1.807) is 0 Å². The number of aryl methyl sites for hydroxylation is 1. The van der Waals surface area contributed by atoms with E-state index in [0.717, 1.165) is 12.8 Å². The van der Waals surface area contributed by atoms with Crippen LogP contribution in [0.3, 0.4) is 0 Å². The molecular formula is C17H24N2O6S. The SMILES string of the molecule is Cc1oc(C(=O)N2CC(C)CC(C(=O)O)C2)cc1S(=O)(=O)N1CCCC1. The van der Waals surface area contributed by atoms with Gasteiger partial charge in [0.2, 0.25) is 10.0 Å². The summed E-state index contributed by atoms with van der Waals surface area (Å²) >= 11 is 0. The Kier molecular flexibility index (Phi) is 5.12. The largest absolute Gasteiger partial charge is 0.481 e. The smallest absolute Gasteiger partial charge is 0.308 e. The van der Waals surface area contributed by atoms with Crippen molar-refractivity contribution in [2.75, 3.05) is 26.2 Å². The predicted molar refractivity (Wildman–Crippen MR) is 92.2 cm³/mol. The van der Waals surface area contributed by atoms with E-state index in [1.807, 2.05) is 6.92 Å². The summed E-state index contributed by atoms with van der Waals surface area (Å²) in [5.41, 5.74) is 0. The van der Waals surface area contributed by atoms with Gasteiger partial charge in [0.25, 0.3) is 5.91 Å². The van der Waals surface area contributed by atoms with Gasteiger partial charge in [-0.2, -0.15) is 4.31 Å². The summed E-state index contributed by atoms with van der Waals surface area (Å²) in [6.45, 7) is 4.90. The van der Waals surface area contributed by atoms with Gasteiger partial charge in [0.1, 0.15) is 10.7 Å². The first-order chi connectivity index (χ1) is 12.2. The first-order valence-corrected chi connectivity index (χ1v) is 10.3. The highest BCUT2D eigenvalue weighted by Crippen LogP contribution is 2.28. The Balaban J connectivity index is 1.84. The van der Waals surface area contributed by atoms with Crippen LogP contribution in [-0.2, 0) is 14.8 Å². The lowest BCUT2D eigenvalue weighted by Crippen LogP contribution is -2.45. The number of furan rings is 1. The van der Waals surface area contributed by atoms with Gasteiger partial charge in [-0.3, -0.25) is 9.59 Å². The number of carbonyl (C=O) groups excluding carboxylic acids is 1. The standard InChI is InChI=1S/C17H24N2O6S/c1-11-7-13(17(21)22)10-18(9-11)16(20)14-8-15(12(2)25-14)26(23,24)19-5-3-4-6-19/h8,11,13H,3-7,9-10H2,1-2H3,(H,21,22). The van der Waals surface area contributed by atoms with Gasteiger partial charge in [0.15, 0.2) is 5.76 Å². The molecule has 3 rings (SSSR count). The lowest BCUT2D eigenvalue weighted by atomic mass is 9.90. The van der Waals surface area contributed by atoms with Gasteiger partial charge in [-0.25, -0.2) is 8.42 Å². The normalized spacial score (nSPS) is 24.8. The average Bonchev–Trinajstić information content (AvgIpc) is 3.23. The molecule has 8 nitrogen and oxygen atoms in total. The summed E-state index contributed by atoms with van der Waals surface area (Å²) in [4.78, 5) is 25.5. The van der Waals surface area contributed by atoms with Crippen molar-refractivity contribution in [2.45, 2.75) is 38.0 Å². The van der Waals surface area contributed by atoms with Crippen molar-refractivity contribution in [3.8, 4) is 0 Å². The molecule has 2 unspecified atom stereocenters. The summed E-state index contributed by atoms with van der Waals surface area (Å²) in [6, 6.07) is 1.28. The second-order valence-electron chi connectivity index (χ2n) is 7.23. The number of aliphatic carboxylic acids is 1. The van der Waals surface area contributed by atoms with Crippen LogP contribution in [-0.4, -0.2) is 60.8 Å². The van der Waals surface area contributed by atoms with Gasteiger partial charge in [-0.15, -0.1) is 0 Å². The molecule has 2 aliphatic rings. The van der Waals surface area contributed by atoms with Crippen molar-refractivity contribution in [3.05, 3.63) is 17.6 Å². The summed E-state index contributed by atoms with van der Waals surface area (Å²) in [5, 5.41) is 9.26. The Morgan fingerprint density at radius 2 is 1.88 bits per heavy atom. The Bertz CT molecular complexity index is 809. The highest BCUT2D eigenvalue weighted by molar-refractivity contribution is 7.89. The number of hydrogen-bond donors (Lipinski definition) is 1. The van der Waals surface area contributed by atoms with Crippen LogP contribution in [0.15, 0.2) is 15.4 Å². The second kappa shape index (κ2) is 7.03. The number of carboxylic acids is 1. The number of sulfonamides is 1. The van der Waals surface area contributed by atoms with E-state index in [4.69, 9.17) is 4.42 Å². The molecule has 2 aliphatic heterocycles. The van der Waals surface area contributed by atoms with Crippen molar-refractivity contribution in [2.24, 2.45) is 11.8 Å². The number of rotatable bonds is 4. The third kappa shape index (κ3) is 3.50. The molecule has 3 heterocycles. The molecule has 2 saturated heterocycles. The zero-order valence-corrected chi connectivity index (χ0v) is 15.8. The summed E-state index contributed by atoms with van der Waals surface area (Å²) in [7, 11) is -3.67. The number of carboxylic acid groups (broad SMARTS) is 1. The molecule has 1 aromatic heterocycles. The van der Waals surface area contributed by atoms with Crippen LogP contribution >= 0.6 is 0 Å². The number of carbonyl (C=O) groups is 2. The van der Waals surface area contributed by atoms with E-state index in [9.17, 15) is 23.1 Å². The molecule has 0 radical (unpaired) electrons. The third-order valence-electron chi connectivity index (χ3n) is 5.06. The minimum absolute atomic E-state index is 0.0163. The van der Waals surface area contributed by atoms with Gasteiger partial charge in [-0.05, 0) is 32.1 Å². The van der Waals surface area contributed by atoms with Crippen molar-refractivity contribution < 1.29 is 27.5 Å². The van der Waals surface area contributed by atoms with Crippen LogP contribution in [0.25, 0.3) is 0 Å². The van der Waals surface area contributed by atoms with Crippen molar-refractivity contribution in [3.63, 3.8) is 0 Å². The van der Waals surface area contributed by atoms with Gasteiger partial charge >= 0.3 is 5.97 Å². The molecule has 0 spiro atoms. The molecule has 1 aromatic rings. The molecule has 0 bridgehead atoms. The molecule has 0 saturated carbocycles. The topological polar surface area (TPSA) is 108 Å². The van der Waals surface area contributed by atoms with Crippen molar-refractivity contribution >= 4 is 21.9 Å². The highest BCUT2D eigenvalue weighted by Gasteiger charge is 2.36. The lowest BCUT2D eigenvalue weighted by Gasteiger charge is -2.34. The lowest BCUT2D eigenvalue weighted by molar-refractivity contribution is -0.143. The Morgan fingerprint density at radius 1 is 1.23 bits per heavy atom. The number of likely N-dealkylation sites (tertiary alicyclic amines) is 1. The Hall–Kier alpha value is -1.87. The summed E-state index contributed by atoms with van der Waals surface area (Å²) < 4.78 is 32.3. The van der Waals surface area contributed by atoms with Gasteiger partial charge in [0.05, 0.1) is 5.92 Å².